The van der Waals surface area contributed by atoms with E-state index in [1.54, 1.807) is 26.2 Å². The molecule has 0 bridgehead atoms. The molecule has 116 valence electrons. The van der Waals surface area contributed by atoms with Crippen LogP contribution in [-0.4, -0.2) is 17.7 Å². The van der Waals surface area contributed by atoms with Crippen LogP contribution in [-0.2, 0) is 9.47 Å². The van der Waals surface area contributed by atoms with Crippen molar-refractivity contribution < 1.29 is 19.1 Å². The Bertz CT molecular complexity index is 686. The Hall–Kier alpha value is -2.34. The van der Waals surface area contributed by atoms with Crippen molar-refractivity contribution in [3.8, 4) is 11.1 Å². The summed E-state index contributed by atoms with van der Waals surface area (Å²) >= 11 is 1.22. The molecule has 0 unspecified atom stereocenters. The van der Waals surface area contributed by atoms with Crippen molar-refractivity contribution in [1.82, 2.24) is 0 Å². The predicted octanol–water partition coefficient (Wildman–Crippen LogP) is 4.09. The number of anilines is 1. The van der Waals surface area contributed by atoms with Gasteiger partial charge in [-0.25, -0.2) is 9.59 Å². The van der Waals surface area contributed by atoms with Crippen LogP contribution in [0.4, 0.5) is 9.80 Å². The summed E-state index contributed by atoms with van der Waals surface area (Å²) in [5, 5.41) is 2.06. The number of rotatable bonds is 2. The first-order valence-electron chi connectivity index (χ1n) is 6.65. The van der Waals surface area contributed by atoms with E-state index in [9.17, 15) is 9.59 Å². The van der Waals surface area contributed by atoms with E-state index in [1.807, 2.05) is 30.3 Å². The summed E-state index contributed by atoms with van der Waals surface area (Å²) in [4.78, 5) is 23.8. The summed E-state index contributed by atoms with van der Waals surface area (Å²) in [5.41, 5.74) is 6.76. The number of nitrogens with two attached hydrogens (primary N) is 1. The molecule has 0 amide bonds. The van der Waals surface area contributed by atoms with Crippen molar-refractivity contribution in [3.05, 3.63) is 41.3 Å². The molecule has 6 heteroatoms. The zero-order chi connectivity index (χ0) is 16.3. The summed E-state index contributed by atoms with van der Waals surface area (Å²) in [7, 11) is 0. The number of ether oxygens (including phenoxy) is 2. The normalized spacial score (nSPS) is 11.0. The van der Waals surface area contributed by atoms with Gasteiger partial charge in [-0.2, -0.15) is 0 Å². The van der Waals surface area contributed by atoms with Gasteiger partial charge < -0.3 is 15.2 Å². The molecule has 0 aliphatic heterocycles. The second-order valence-electron chi connectivity index (χ2n) is 5.61. The van der Waals surface area contributed by atoms with Gasteiger partial charge in [0.15, 0.2) is 0 Å². The van der Waals surface area contributed by atoms with Crippen LogP contribution in [0, 0.1) is 0 Å². The second kappa shape index (κ2) is 6.19. The van der Waals surface area contributed by atoms with Crippen LogP contribution in [0.1, 0.15) is 31.1 Å². The Labute approximate surface area is 132 Å². The minimum absolute atomic E-state index is 0.182. The third-order valence-electron chi connectivity index (χ3n) is 2.67. The fourth-order valence-electron chi connectivity index (χ4n) is 1.81. The number of hydrogen-bond acceptors (Lipinski definition) is 6. The van der Waals surface area contributed by atoms with Gasteiger partial charge in [0.1, 0.15) is 16.2 Å². The van der Waals surface area contributed by atoms with Crippen LogP contribution < -0.4 is 5.73 Å². The summed E-state index contributed by atoms with van der Waals surface area (Å²) in [6.07, 6.45) is -1.04. The highest BCUT2D eigenvalue weighted by Gasteiger charge is 2.25. The van der Waals surface area contributed by atoms with Crippen LogP contribution in [0.2, 0.25) is 0 Å². The largest absolute Gasteiger partial charge is 0.516 e. The smallest absolute Gasteiger partial charge is 0.428 e. The first kappa shape index (κ1) is 16.0. The van der Waals surface area contributed by atoms with E-state index < -0.39 is 17.7 Å². The molecule has 0 spiro atoms. The number of benzene rings is 1. The van der Waals surface area contributed by atoms with Gasteiger partial charge in [-0.05, 0) is 26.3 Å². The molecular weight excluding hydrogens is 302 g/mol. The number of esters is 1. The van der Waals surface area contributed by atoms with Crippen molar-refractivity contribution in [2.24, 2.45) is 0 Å². The van der Waals surface area contributed by atoms with E-state index in [-0.39, 0.29) is 5.56 Å². The number of carbonyl (C=O) groups is 2. The van der Waals surface area contributed by atoms with Crippen molar-refractivity contribution in [1.29, 1.82) is 0 Å². The van der Waals surface area contributed by atoms with E-state index >= 15 is 0 Å². The van der Waals surface area contributed by atoms with Crippen LogP contribution in [0.15, 0.2) is 35.7 Å². The van der Waals surface area contributed by atoms with Gasteiger partial charge in [0, 0.05) is 10.9 Å². The van der Waals surface area contributed by atoms with Crippen molar-refractivity contribution in [3.63, 3.8) is 0 Å². The van der Waals surface area contributed by atoms with Gasteiger partial charge in [-0.15, -0.1) is 11.3 Å². The fourth-order valence-corrected chi connectivity index (χ4v) is 2.62. The van der Waals surface area contributed by atoms with Gasteiger partial charge in [0.05, 0.1) is 0 Å². The van der Waals surface area contributed by atoms with Crippen molar-refractivity contribution in [2.75, 3.05) is 5.73 Å². The molecule has 5 nitrogen and oxygen atoms in total. The van der Waals surface area contributed by atoms with Gasteiger partial charge in [-0.3, -0.25) is 0 Å². The average molecular weight is 319 g/mol. The van der Waals surface area contributed by atoms with Gasteiger partial charge in [0.25, 0.3) is 0 Å². The Balaban J connectivity index is 2.24. The molecular formula is C16H17NO4S. The number of thiophene rings is 1. The van der Waals surface area contributed by atoms with Gasteiger partial charge in [-0.1, -0.05) is 30.3 Å². The molecule has 0 saturated heterocycles. The van der Waals surface area contributed by atoms with E-state index in [1.165, 1.54) is 11.3 Å². The minimum Gasteiger partial charge on any atom is -0.428 e. The maximum absolute atomic E-state index is 12.2. The second-order valence-corrected chi connectivity index (χ2v) is 6.52. The first-order chi connectivity index (χ1) is 10.3. The molecule has 1 aromatic heterocycles. The van der Waals surface area contributed by atoms with Crippen LogP contribution in [0.5, 0.6) is 0 Å². The number of hydrogen-bond donors (Lipinski definition) is 1. The molecule has 0 fully saturated rings. The van der Waals surface area contributed by atoms with E-state index in [2.05, 4.69) is 0 Å². The third-order valence-corrected chi connectivity index (χ3v) is 3.49. The minimum atomic E-state index is -1.04. The van der Waals surface area contributed by atoms with Crippen LogP contribution in [0.25, 0.3) is 11.1 Å². The van der Waals surface area contributed by atoms with Crippen molar-refractivity contribution >= 4 is 28.5 Å². The topological polar surface area (TPSA) is 78.6 Å². The monoisotopic (exact) mass is 319 g/mol. The van der Waals surface area contributed by atoms with Gasteiger partial charge >= 0.3 is 12.1 Å². The summed E-state index contributed by atoms with van der Waals surface area (Å²) < 4.78 is 9.71. The average Bonchev–Trinajstić information content (AvgIpc) is 2.79. The Morgan fingerprint density at radius 1 is 1.14 bits per heavy atom. The molecule has 2 aromatic rings. The molecule has 1 aromatic carbocycles. The molecule has 1 heterocycles. The Kier molecular flexibility index (Phi) is 4.51. The maximum Gasteiger partial charge on any atom is 0.516 e. The molecule has 22 heavy (non-hydrogen) atoms. The molecule has 2 rings (SSSR count). The summed E-state index contributed by atoms with van der Waals surface area (Å²) in [5.74, 6) is -0.813. The zero-order valence-corrected chi connectivity index (χ0v) is 13.4. The standard InChI is InChI=1S/C16H17NO4S/c1-16(2,3)21-15(19)20-14(18)12-11(9-22-13(12)17)10-7-5-4-6-8-10/h4-9H,17H2,1-3H3. The highest BCUT2D eigenvalue weighted by molar-refractivity contribution is 7.15. The number of carbonyl (C=O) groups excluding carboxylic acids is 2. The quantitative estimate of drug-likeness (QED) is 0.666. The predicted molar refractivity (Wildman–Crippen MR) is 85.8 cm³/mol. The molecule has 0 aliphatic rings. The van der Waals surface area contributed by atoms with Gasteiger partial charge in [0.2, 0.25) is 0 Å². The highest BCUT2D eigenvalue weighted by Crippen LogP contribution is 2.34. The van der Waals surface area contributed by atoms with Crippen LogP contribution in [0.3, 0.4) is 0 Å². The highest BCUT2D eigenvalue weighted by atomic mass is 32.1. The molecule has 0 radical (unpaired) electrons. The van der Waals surface area contributed by atoms with Crippen LogP contribution >= 0.6 is 11.3 Å². The SMILES string of the molecule is CC(C)(C)OC(=O)OC(=O)c1c(-c2ccccc2)csc1N. The molecule has 2 N–H and O–H groups in total. The third kappa shape index (κ3) is 3.85. The lowest BCUT2D eigenvalue weighted by Crippen LogP contribution is -2.26. The molecule has 0 aliphatic carbocycles. The fraction of sp³-hybridized carbons (Fsp3) is 0.250. The maximum atomic E-state index is 12.2. The Morgan fingerprint density at radius 3 is 2.36 bits per heavy atom. The van der Waals surface area contributed by atoms with Crippen molar-refractivity contribution in [2.45, 2.75) is 26.4 Å². The molecule has 0 atom stereocenters. The lowest BCUT2D eigenvalue weighted by Gasteiger charge is -2.18. The van der Waals surface area contributed by atoms with E-state index in [4.69, 9.17) is 15.2 Å². The Morgan fingerprint density at radius 2 is 1.77 bits per heavy atom. The van der Waals surface area contributed by atoms with E-state index in [0.717, 1.165) is 5.56 Å². The summed E-state index contributed by atoms with van der Waals surface area (Å²) in [6.45, 7) is 5.06. The lowest BCUT2D eigenvalue weighted by atomic mass is 10.0. The summed E-state index contributed by atoms with van der Waals surface area (Å²) in [6, 6.07) is 9.29. The first-order valence-corrected chi connectivity index (χ1v) is 7.53. The van der Waals surface area contributed by atoms with E-state index in [0.29, 0.717) is 10.6 Å². The zero-order valence-electron chi connectivity index (χ0n) is 12.6. The number of nitrogen functional groups attached to an aromatic ring is 1. The molecule has 0 saturated carbocycles. The lowest BCUT2D eigenvalue weighted by molar-refractivity contribution is -0.00143.